The van der Waals surface area contributed by atoms with Crippen LogP contribution in [0.3, 0.4) is 0 Å². The van der Waals surface area contributed by atoms with Gasteiger partial charge in [0.1, 0.15) is 11.4 Å². The van der Waals surface area contributed by atoms with Gasteiger partial charge in [0.2, 0.25) is 5.78 Å². The number of amides is 2. The molecule has 1 atom stereocenters. The summed E-state index contributed by atoms with van der Waals surface area (Å²) in [6.45, 7) is 12.0. The first-order valence-electron chi connectivity index (χ1n) is 15.7. The monoisotopic (exact) mass is 603 g/mol. The van der Waals surface area contributed by atoms with Gasteiger partial charge in [-0.25, -0.2) is 9.48 Å². The van der Waals surface area contributed by atoms with Crippen LogP contribution in [0.1, 0.15) is 72.5 Å². The SMILES string of the molecule is Cc1ccc(-n2nc(C(C)(C)C)cc2NC(=O)Nc2cccc(C(C(=O)c3oc4ccccc4c3C)C3CCNCC3)c2)cc1. The number of carbonyl (C=O) groups excluding carboxylic acids is 2. The molecule has 0 aliphatic carbocycles. The predicted octanol–water partition coefficient (Wildman–Crippen LogP) is 8.14. The topological polar surface area (TPSA) is 101 Å². The third kappa shape index (κ3) is 6.42. The molecule has 1 fully saturated rings. The smallest absolute Gasteiger partial charge is 0.324 e. The Bertz CT molecular complexity index is 1840. The molecule has 1 saturated heterocycles. The average Bonchev–Trinajstić information content (AvgIpc) is 3.60. The molecular formula is C37H41N5O3. The number of anilines is 2. The number of piperidine rings is 1. The second-order valence-electron chi connectivity index (χ2n) is 13.1. The lowest BCUT2D eigenvalue weighted by Crippen LogP contribution is -2.33. The molecule has 6 rings (SSSR count). The van der Waals surface area contributed by atoms with E-state index in [0.29, 0.717) is 22.8 Å². The summed E-state index contributed by atoms with van der Waals surface area (Å²) in [5.41, 5.74) is 5.72. The van der Waals surface area contributed by atoms with E-state index in [4.69, 9.17) is 9.52 Å². The molecule has 0 saturated carbocycles. The zero-order valence-corrected chi connectivity index (χ0v) is 26.6. The van der Waals surface area contributed by atoms with Crippen LogP contribution in [0.2, 0.25) is 0 Å². The maximum Gasteiger partial charge on any atom is 0.324 e. The number of Topliss-reactive ketones (excluding diaryl/α,β-unsaturated/α-hetero) is 1. The number of urea groups is 1. The highest BCUT2D eigenvalue weighted by Crippen LogP contribution is 2.38. The molecule has 1 aliphatic heterocycles. The first kappa shape index (κ1) is 30.3. The van der Waals surface area contributed by atoms with Gasteiger partial charge < -0.3 is 15.1 Å². The fraction of sp³-hybridized carbons (Fsp3) is 0.324. The summed E-state index contributed by atoms with van der Waals surface area (Å²) in [6, 6.07) is 25.0. The largest absolute Gasteiger partial charge is 0.453 e. The highest BCUT2D eigenvalue weighted by atomic mass is 16.3. The molecule has 0 spiro atoms. The molecule has 232 valence electrons. The minimum Gasteiger partial charge on any atom is -0.453 e. The van der Waals surface area contributed by atoms with Crippen molar-refractivity contribution in [2.75, 3.05) is 23.7 Å². The summed E-state index contributed by atoms with van der Waals surface area (Å²) >= 11 is 0. The standard InChI is InChI=1S/C37H41N5O3/c1-23-13-15-28(16-14-23)42-32(22-31(41-42)37(3,4)5)40-36(44)39-27-10-8-9-26(21-27)33(25-17-19-38-20-18-25)34(43)35-24(2)29-11-6-7-12-30(29)45-35/h6-16,21-22,25,33,38H,17-20H2,1-5H3,(H2,39,40,44). The van der Waals surface area contributed by atoms with Crippen LogP contribution in [-0.2, 0) is 5.41 Å². The van der Waals surface area contributed by atoms with E-state index in [-0.39, 0.29) is 17.1 Å². The van der Waals surface area contributed by atoms with Crippen LogP contribution in [0.25, 0.3) is 16.7 Å². The number of carbonyl (C=O) groups is 2. The second-order valence-corrected chi connectivity index (χ2v) is 13.1. The molecule has 2 aromatic heterocycles. The number of nitrogens with zero attached hydrogens (tertiary/aromatic N) is 2. The Labute approximate surface area is 264 Å². The van der Waals surface area contributed by atoms with Crippen molar-refractivity contribution >= 4 is 34.3 Å². The lowest BCUT2D eigenvalue weighted by atomic mass is 9.77. The second kappa shape index (κ2) is 12.4. The van der Waals surface area contributed by atoms with E-state index in [1.165, 1.54) is 0 Å². The molecule has 1 aliphatic rings. The number of aromatic nitrogens is 2. The molecule has 0 radical (unpaired) electrons. The number of ketones is 1. The zero-order valence-electron chi connectivity index (χ0n) is 26.6. The van der Waals surface area contributed by atoms with Gasteiger partial charge in [-0.15, -0.1) is 0 Å². The first-order valence-corrected chi connectivity index (χ1v) is 15.7. The van der Waals surface area contributed by atoms with E-state index in [9.17, 15) is 9.59 Å². The highest BCUT2D eigenvalue weighted by Gasteiger charge is 2.35. The van der Waals surface area contributed by atoms with Crippen molar-refractivity contribution in [3.63, 3.8) is 0 Å². The van der Waals surface area contributed by atoms with Gasteiger partial charge in [0.25, 0.3) is 0 Å². The summed E-state index contributed by atoms with van der Waals surface area (Å²) < 4.78 is 7.90. The van der Waals surface area contributed by atoms with Crippen molar-refractivity contribution in [3.8, 4) is 5.69 Å². The van der Waals surface area contributed by atoms with Crippen LogP contribution in [0.4, 0.5) is 16.3 Å². The maximum atomic E-state index is 14.3. The van der Waals surface area contributed by atoms with Gasteiger partial charge in [-0.05, 0) is 81.6 Å². The lowest BCUT2D eigenvalue weighted by molar-refractivity contribution is 0.0889. The normalized spacial score (nSPS) is 14.8. The van der Waals surface area contributed by atoms with Crippen molar-refractivity contribution in [1.29, 1.82) is 0 Å². The number of benzene rings is 3. The van der Waals surface area contributed by atoms with Crippen LogP contribution in [0.5, 0.6) is 0 Å². The molecule has 8 nitrogen and oxygen atoms in total. The van der Waals surface area contributed by atoms with E-state index in [2.05, 4.69) is 36.7 Å². The average molecular weight is 604 g/mol. The van der Waals surface area contributed by atoms with Crippen molar-refractivity contribution in [3.05, 3.63) is 107 Å². The van der Waals surface area contributed by atoms with Crippen LogP contribution >= 0.6 is 0 Å². The summed E-state index contributed by atoms with van der Waals surface area (Å²) in [7, 11) is 0. The Morgan fingerprint density at radius 2 is 1.67 bits per heavy atom. The number of nitrogens with one attached hydrogen (secondary N) is 3. The van der Waals surface area contributed by atoms with E-state index in [0.717, 1.165) is 59.4 Å². The molecule has 2 amide bonds. The highest BCUT2D eigenvalue weighted by molar-refractivity contribution is 6.04. The van der Waals surface area contributed by atoms with Gasteiger partial charge >= 0.3 is 6.03 Å². The van der Waals surface area contributed by atoms with Gasteiger partial charge in [-0.2, -0.15) is 5.10 Å². The number of hydrogen-bond acceptors (Lipinski definition) is 5. The number of furan rings is 1. The molecule has 8 heteroatoms. The number of rotatable bonds is 7. The molecule has 3 heterocycles. The molecule has 3 aromatic carbocycles. The predicted molar refractivity (Wildman–Crippen MR) is 180 cm³/mol. The number of hydrogen-bond donors (Lipinski definition) is 3. The Morgan fingerprint density at radius 3 is 2.38 bits per heavy atom. The third-order valence-electron chi connectivity index (χ3n) is 8.71. The van der Waals surface area contributed by atoms with Crippen molar-refractivity contribution in [1.82, 2.24) is 15.1 Å². The fourth-order valence-electron chi connectivity index (χ4n) is 6.17. The Kier molecular flexibility index (Phi) is 8.34. The Hall–Kier alpha value is -4.69. The summed E-state index contributed by atoms with van der Waals surface area (Å²) in [6.07, 6.45) is 1.76. The fourth-order valence-corrected chi connectivity index (χ4v) is 6.17. The first-order chi connectivity index (χ1) is 21.6. The number of para-hydroxylation sites is 1. The molecule has 1 unspecified atom stereocenters. The lowest BCUT2D eigenvalue weighted by Gasteiger charge is -2.30. The van der Waals surface area contributed by atoms with E-state index in [1.54, 1.807) is 4.68 Å². The molecule has 3 N–H and O–H groups in total. The summed E-state index contributed by atoms with van der Waals surface area (Å²) in [5.74, 6) is 0.716. The van der Waals surface area contributed by atoms with Crippen molar-refractivity contribution < 1.29 is 14.0 Å². The van der Waals surface area contributed by atoms with Crippen LogP contribution in [0.15, 0.2) is 83.3 Å². The van der Waals surface area contributed by atoms with Gasteiger partial charge in [-0.3, -0.25) is 10.1 Å². The molecular weight excluding hydrogens is 562 g/mol. The minimum absolute atomic E-state index is 0.0195. The van der Waals surface area contributed by atoms with Gasteiger partial charge in [0, 0.05) is 28.1 Å². The van der Waals surface area contributed by atoms with E-state index >= 15 is 0 Å². The van der Waals surface area contributed by atoms with Crippen LogP contribution in [0, 0.1) is 19.8 Å². The van der Waals surface area contributed by atoms with Crippen LogP contribution < -0.4 is 16.0 Å². The zero-order chi connectivity index (χ0) is 31.7. The van der Waals surface area contributed by atoms with Crippen molar-refractivity contribution in [2.24, 2.45) is 5.92 Å². The van der Waals surface area contributed by atoms with Gasteiger partial charge in [-0.1, -0.05) is 68.8 Å². The Balaban J connectivity index is 1.28. The quantitative estimate of drug-likeness (QED) is 0.163. The maximum absolute atomic E-state index is 14.3. The van der Waals surface area contributed by atoms with Gasteiger partial charge in [0.05, 0.1) is 17.3 Å². The third-order valence-corrected chi connectivity index (χ3v) is 8.71. The van der Waals surface area contributed by atoms with Gasteiger partial charge in [0.15, 0.2) is 5.76 Å². The molecule has 0 bridgehead atoms. The molecule has 5 aromatic rings. The summed E-state index contributed by atoms with van der Waals surface area (Å²) in [5, 5.41) is 15.2. The molecule has 45 heavy (non-hydrogen) atoms. The van der Waals surface area contributed by atoms with E-state index < -0.39 is 11.9 Å². The van der Waals surface area contributed by atoms with E-state index in [1.807, 2.05) is 92.7 Å². The Morgan fingerprint density at radius 1 is 0.933 bits per heavy atom. The van der Waals surface area contributed by atoms with Crippen LogP contribution in [-0.4, -0.2) is 34.7 Å². The number of aryl methyl sites for hydroxylation is 2. The summed E-state index contributed by atoms with van der Waals surface area (Å²) in [4.78, 5) is 27.7. The number of fused-ring (bicyclic) bond motifs is 1. The minimum atomic E-state index is -0.395. The van der Waals surface area contributed by atoms with Crippen molar-refractivity contribution in [2.45, 2.75) is 58.8 Å².